The Morgan fingerprint density at radius 2 is 2.33 bits per heavy atom. The van der Waals surface area contributed by atoms with E-state index in [1.54, 1.807) is 13.0 Å². The molecule has 0 aromatic heterocycles. The zero-order valence-corrected chi connectivity index (χ0v) is 9.62. The van der Waals surface area contributed by atoms with Crippen molar-refractivity contribution in [3.63, 3.8) is 0 Å². The van der Waals surface area contributed by atoms with Gasteiger partial charge in [0, 0.05) is 6.07 Å². The van der Waals surface area contributed by atoms with Gasteiger partial charge in [-0.2, -0.15) is 5.26 Å². The molecule has 0 bridgehead atoms. The van der Waals surface area contributed by atoms with Crippen molar-refractivity contribution >= 4 is 11.6 Å². The molecule has 7 heteroatoms. The Hall–Kier alpha value is -2.62. The molecule has 0 saturated heterocycles. The van der Waals surface area contributed by atoms with Crippen molar-refractivity contribution in [3.05, 3.63) is 33.9 Å². The number of primary amides is 1. The van der Waals surface area contributed by atoms with E-state index in [9.17, 15) is 14.9 Å². The lowest BCUT2D eigenvalue weighted by Crippen LogP contribution is -2.33. The Labute approximate surface area is 103 Å². The maximum Gasteiger partial charge on any atom is 0.312 e. The first-order valence-corrected chi connectivity index (χ1v) is 5.14. The van der Waals surface area contributed by atoms with Crippen LogP contribution in [0.3, 0.4) is 0 Å². The lowest BCUT2D eigenvalue weighted by atomic mass is 10.2. The topological polar surface area (TPSA) is 119 Å². The van der Waals surface area contributed by atoms with Gasteiger partial charge < -0.3 is 10.5 Å². The molecular formula is C11H11N3O4. The summed E-state index contributed by atoms with van der Waals surface area (Å²) in [6.07, 6.45) is -0.636. The number of rotatable bonds is 5. The molecule has 0 spiro atoms. The lowest BCUT2D eigenvalue weighted by Gasteiger charge is -2.13. The van der Waals surface area contributed by atoms with Crippen LogP contribution in [0.4, 0.5) is 5.69 Å². The van der Waals surface area contributed by atoms with Crippen molar-refractivity contribution in [3.8, 4) is 11.8 Å². The number of nitrogens with two attached hydrogens (primary N) is 1. The van der Waals surface area contributed by atoms with Crippen LogP contribution >= 0.6 is 0 Å². The number of carbonyl (C=O) groups is 1. The van der Waals surface area contributed by atoms with Gasteiger partial charge in [-0.25, -0.2) is 0 Å². The average Bonchev–Trinajstić information content (AvgIpc) is 2.35. The third-order valence-electron chi connectivity index (χ3n) is 2.24. The standard InChI is InChI=1S/C11H11N3O4/c1-2-9(11(13)15)18-10-4-3-7(6-12)5-8(10)14(16)17/h3-5,9H,2H2,1H3,(H2,13,15). The molecule has 1 aromatic rings. The zero-order chi connectivity index (χ0) is 13.7. The van der Waals surface area contributed by atoms with E-state index in [1.165, 1.54) is 12.1 Å². The van der Waals surface area contributed by atoms with E-state index in [0.717, 1.165) is 6.07 Å². The number of nitro groups is 1. The smallest absolute Gasteiger partial charge is 0.312 e. The fourth-order valence-corrected chi connectivity index (χ4v) is 1.33. The maximum atomic E-state index is 11.0. The summed E-state index contributed by atoms with van der Waals surface area (Å²) in [4.78, 5) is 21.2. The summed E-state index contributed by atoms with van der Waals surface area (Å²) in [7, 11) is 0. The van der Waals surface area contributed by atoms with Crippen LogP contribution in [-0.4, -0.2) is 16.9 Å². The second-order valence-corrected chi connectivity index (χ2v) is 3.47. The Kier molecular flexibility index (Phi) is 4.21. The molecule has 0 fully saturated rings. The van der Waals surface area contributed by atoms with Crippen molar-refractivity contribution in [2.24, 2.45) is 5.73 Å². The number of nitro benzene ring substituents is 1. The third-order valence-corrected chi connectivity index (χ3v) is 2.24. The third kappa shape index (κ3) is 2.95. The van der Waals surface area contributed by atoms with E-state index in [2.05, 4.69) is 0 Å². The summed E-state index contributed by atoms with van der Waals surface area (Å²) in [6, 6.07) is 5.53. The second kappa shape index (κ2) is 5.63. The van der Waals surface area contributed by atoms with Gasteiger partial charge in [-0.05, 0) is 18.6 Å². The van der Waals surface area contributed by atoms with E-state index in [0.29, 0.717) is 6.42 Å². The van der Waals surface area contributed by atoms with Gasteiger partial charge in [0.2, 0.25) is 0 Å². The Morgan fingerprint density at radius 3 is 2.78 bits per heavy atom. The molecule has 7 nitrogen and oxygen atoms in total. The van der Waals surface area contributed by atoms with Crippen LogP contribution in [0.5, 0.6) is 5.75 Å². The first kappa shape index (κ1) is 13.4. The molecule has 0 radical (unpaired) electrons. The van der Waals surface area contributed by atoms with Gasteiger partial charge in [0.15, 0.2) is 11.9 Å². The molecule has 94 valence electrons. The lowest BCUT2D eigenvalue weighted by molar-refractivity contribution is -0.386. The first-order chi connectivity index (χ1) is 8.49. The predicted molar refractivity (Wildman–Crippen MR) is 61.7 cm³/mol. The molecule has 0 aliphatic heterocycles. The number of amides is 1. The number of hydrogen-bond donors (Lipinski definition) is 1. The van der Waals surface area contributed by atoms with Gasteiger partial charge in [0.25, 0.3) is 5.91 Å². The van der Waals surface area contributed by atoms with E-state index < -0.39 is 16.9 Å². The van der Waals surface area contributed by atoms with E-state index >= 15 is 0 Å². The van der Waals surface area contributed by atoms with E-state index in [1.807, 2.05) is 0 Å². The number of nitrogens with zero attached hydrogens (tertiary/aromatic N) is 2. The molecule has 0 aliphatic carbocycles. The van der Waals surface area contributed by atoms with Gasteiger partial charge in [0.05, 0.1) is 16.6 Å². The van der Waals surface area contributed by atoms with E-state index in [4.69, 9.17) is 15.7 Å². The molecule has 1 atom stereocenters. The van der Waals surface area contributed by atoms with Crippen molar-refractivity contribution in [2.75, 3.05) is 0 Å². The highest BCUT2D eigenvalue weighted by atomic mass is 16.6. The number of carbonyl (C=O) groups excluding carboxylic acids is 1. The summed E-state index contributed by atoms with van der Waals surface area (Å²) >= 11 is 0. The van der Waals surface area contributed by atoms with Crippen LogP contribution in [0.25, 0.3) is 0 Å². The molecule has 1 unspecified atom stereocenters. The predicted octanol–water partition coefficient (Wildman–Crippen LogP) is 1.11. The minimum absolute atomic E-state index is 0.0790. The molecule has 1 aromatic carbocycles. The molecule has 1 amide bonds. The highest BCUT2D eigenvalue weighted by molar-refractivity contribution is 5.79. The minimum Gasteiger partial charge on any atom is -0.473 e. The first-order valence-electron chi connectivity index (χ1n) is 5.14. The van der Waals surface area contributed by atoms with Gasteiger partial charge in [-0.15, -0.1) is 0 Å². The van der Waals surface area contributed by atoms with E-state index in [-0.39, 0.29) is 17.0 Å². The van der Waals surface area contributed by atoms with Crippen molar-refractivity contribution < 1.29 is 14.5 Å². The maximum absolute atomic E-state index is 11.0. The van der Waals surface area contributed by atoms with Crippen LogP contribution in [0.2, 0.25) is 0 Å². The number of nitriles is 1. The van der Waals surface area contributed by atoms with Gasteiger partial charge >= 0.3 is 5.69 Å². The fraction of sp³-hybridized carbons (Fsp3) is 0.273. The van der Waals surface area contributed by atoms with Crippen molar-refractivity contribution in [1.82, 2.24) is 0 Å². The highest BCUT2D eigenvalue weighted by Crippen LogP contribution is 2.29. The Morgan fingerprint density at radius 1 is 1.67 bits per heavy atom. The van der Waals surface area contributed by atoms with Gasteiger partial charge in [-0.1, -0.05) is 6.92 Å². The SMILES string of the molecule is CCC(Oc1ccc(C#N)cc1[N+](=O)[O-])C(N)=O. The number of ether oxygens (including phenoxy) is 1. The molecule has 0 heterocycles. The Balaban J connectivity index is 3.13. The fourth-order valence-electron chi connectivity index (χ4n) is 1.33. The molecule has 18 heavy (non-hydrogen) atoms. The van der Waals surface area contributed by atoms with Gasteiger partial charge in [-0.3, -0.25) is 14.9 Å². The molecule has 0 aliphatic rings. The second-order valence-electron chi connectivity index (χ2n) is 3.47. The Bertz CT molecular complexity index is 522. The zero-order valence-electron chi connectivity index (χ0n) is 9.62. The molecular weight excluding hydrogens is 238 g/mol. The van der Waals surface area contributed by atoms with Crippen LogP contribution < -0.4 is 10.5 Å². The van der Waals surface area contributed by atoms with Crippen LogP contribution in [0.1, 0.15) is 18.9 Å². The van der Waals surface area contributed by atoms with Crippen LogP contribution in [0.15, 0.2) is 18.2 Å². The minimum atomic E-state index is -0.934. The largest absolute Gasteiger partial charge is 0.473 e. The molecule has 1 rings (SSSR count). The molecule has 0 saturated carbocycles. The quantitative estimate of drug-likeness (QED) is 0.619. The monoisotopic (exact) mass is 249 g/mol. The van der Waals surface area contributed by atoms with Crippen molar-refractivity contribution in [1.29, 1.82) is 5.26 Å². The normalized spacial score (nSPS) is 11.3. The number of hydrogen-bond acceptors (Lipinski definition) is 5. The summed E-state index contributed by atoms with van der Waals surface area (Å²) < 4.78 is 5.19. The number of benzene rings is 1. The van der Waals surface area contributed by atoms with Gasteiger partial charge in [0.1, 0.15) is 0 Å². The summed E-state index contributed by atoms with van der Waals surface area (Å²) in [5.41, 5.74) is 4.86. The van der Waals surface area contributed by atoms with Crippen LogP contribution in [0, 0.1) is 21.4 Å². The summed E-state index contributed by atoms with van der Waals surface area (Å²) in [5, 5.41) is 19.5. The molecule has 2 N–H and O–H groups in total. The van der Waals surface area contributed by atoms with Crippen molar-refractivity contribution in [2.45, 2.75) is 19.4 Å². The highest BCUT2D eigenvalue weighted by Gasteiger charge is 2.22. The summed E-state index contributed by atoms with van der Waals surface area (Å²) in [5.74, 6) is -0.777. The average molecular weight is 249 g/mol. The van der Waals surface area contributed by atoms with Crippen LogP contribution in [-0.2, 0) is 4.79 Å². The summed E-state index contributed by atoms with van der Waals surface area (Å²) in [6.45, 7) is 1.67.